The largest absolute Gasteiger partial charge is 0.388 e. The van der Waals surface area contributed by atoms with Crippen LogP contribution in [0.5, 0.6) is 0 Å². The van der Waals surface area contributed by atoms with Crippen molar-refractivity contribution in [2.45, 2.75) is 51.8 Å². The lowest BCUT2D eigenvalue weighted by atomic mass is 10.0. The van der Waals surface area contributed by atoms with Crippen molar-refractivity contribution in [3.05, 3.63) is 29.3 Å². The Labute approximate surface area is 217 Å². The summed E-state index contributed by atoms with van der Waals surface area (Å²) in [6.45, 7) is 5.51. The molecule has 12 nitrogen and oxygen atoms in total. The summed E-state index contributed by atoms with van der Waals surface area (Å²) in [5, 5.41) is 14.6. The van der Waals surface area contributed by atoms with Gasteiger partial charge in [-0.25, -0.2) is 0 Å². The number of nitrogens with two attached hydrogens (primary N) is 1. The van der Waals surface area contributed by atoms with Crippen molar-refractivity contribution in [2.24, 2.45) is 5.73 Å². The van der Waals surface area contributed by atoms with E-state index in [4.69, 9.17) is 19.9 Å². The van der Waals surface area contributed by atoms with Crippen LogP contribution < -0.4 is 16.4 Å². The summed E-state index contributed by atoms with van der Waals surface area (Å²) >= 11 is 0. The summed E-state index contributed by atoms with van der Waals surface area (Å²) in [7, 11) is 0. The fourth-order valence-corrected chi connectivity index (χ4v) is 3.48. The summed E-state index contributed by atoms with van der Waals surface area (Å²) in [5.41, 5.74) is 7.35. The van der Waals surface area contributed by atoms with Crippen LogP contribution in [0.3, 0.4) is 0 Å². The SMILES string of the molecule is CCCC(C(=O)NC=O)N(C=O)Cc1c(C)cccc1NC(=O)CCOCCOCC(O)COCCN. The quantitative estimate of drug-likeness (QED) is 0.129. The smallest absolute Gasteiger partial charge is 0.249 e. The lowest BCUT2D eigenvalue weighted by Crippen LogP contribution is -2.45. The normalized spacial score (nSPS) is 12.4. The van der Waals surface area contributed by atoms with E-state index in [1.165, 1.54) is 4.90 Å². The van der Waals surface area contributed by atoms with Crippen molar-refractivity contribution in [1.82, 2.24) is 10.2 Å². The van der Waals surface area contributed by atoms with E-state index in [9.17, 15) is 24.3 Å². The molecule has 0 heterocycles. The number of nitrogens with one attached hydrogen (secondary N) is 2. The van der Waals surface area contributed by atoms with E-state index in [1.54, 1.807) is 12.1 Å². The highest BCUT2D eigenvalue weighted by Gasteiger charge is 2.25. The Kier molecular flexibility index (Phi) is 16.7. The molecule has 4 amide bonds. The first-order valence-corrected chi connectivity index (χ1v) is 12.3. The molecule has 1 aromatic carbocycles. The van der Waals surface area contributed by atoms with Gasteiger partial charge in [-0.2, -0.15) is 0 Å². The molecule has 0 saturated carbocycles. The van der Waals surface area contributed by atoms with Crippen LogP contribution in [-0.2, 0) is 39.9 Å². The predicted octanol–water partition coefficient (Wildman–Crippen LogP) is 0.0927. The van der Waals surface area contributed by atoms with Crippen LogP contribution in [0.15, 0.2) is 18.2 Å². The van der Waals surface area contributed by atoms with Gasteiger partial charge in [0.25, 0.3) is 0 Å². The van der Waals surface area contributed by atoms with Crippen LogP contribution in [0, 0.1) is 6.92 Å². The van der Waals surface area contributed by atoms with Gasteiger partial charge in [0.2, 0.25) is 24.6 Å². The topological polar surface area (TPSA) is 170 Å². The molecule has 0 bridgehead atoms. The van der Waals surface area contributed by atoms with Crippen molar-refractivity contribution in [3.8, 4) is 0 Å². The highest BCUT2D eigenvalue weighted by atomic mass is 16.5. The lowest BCUT2D eigenvalue weighted by molar-refractivity contribution is -0.135. The van der Waals surface area contributed by atoms with Gasteiger partial charge in [-0.15, -0.1) is 0 Å². The third-order valence-corrected chi connectivity index (χ3v) is 5.35. The zero-order chi connectivity index (χ0) is 27.5. The summed E-state index contributed by atoms with van der Waals surface area (Å²) in [4.78, 5) is 48.7. The van der Waals surface area contributed by atoms with Gasteiger partial charge in [0.05, 0.1) is 46.1 Å². The van der Waals surface area contributed by atoms with Gasteiger partial charge in [-0.3, -0.25) is 24.5 Å². The number of rotatable bonds is 21. The molecule has 2 atom stereocenters. The Morgan fingerprint density at radius 3 is 2.46 bits per heavy atom. The molecular weight excluding hydrogens is 484 g/mol. The van der Waals surface area contributed by atoms with Crippen LogP contribution in [0.25, 0.3) is 0 Å². The van der Waals surface area contributed by atoms with Gasteiger partial charge < -0.3 is 35.3 Å². The Bertz CT molecular complexity index is 839. The average molecular weight is 525 g/mol. The number of carbonyl (C=O) groups is 4. The van der Waals surface area contributed by atoms with E-state index in [0.29, 0.717) is 50.1 Å². The number of anilines is 1. The Hall–Kier alpha value is -2.90. The molecule has 0 fully saturated rings. The first kappa shape index (κ1) is 32.1. The molecule has 2 unspecified atom stereocenters. The van der Waals surface area contributed by atoms with Crippen molar-refractivity contribution >= 4 is 30.3 Å². The van der Waals surface area contributed by atoms with Gasteiger partial charge in [-0.05, 0) is 30.5 Å². The van der Waals surface area contributed by atoms with E-state index in [-0.39, 0.29) is 51.9 Å². The van der Waals surface area contributed by atoms with Gasteiger partial charge in [-0.1, -0.05) is 25.5 Å². The van der Waals surface area contributed by atoms with E-state index in [0.717, 1.165) is 5.56 Å². The summed E-state index contributed by atoms with van der Waals surface area (Å²) in [6, 6.07) is 4.54. The highest BCUT2D eigenvalue weighted by Crippen LogP contribution is 2.23. The van der Waals surface area contributed by atoms with Crippen molar-refractivity contribution in [3.63, 3.8) is 0 Å². The second kappa shape index (κ2) is 19.2. The Balaban J connectivity index is 2.57. The van der Waals surface area contributed by atoms with Crippen LogP contribution >= 0.6 is 0 Å². The van der Waals surface area contributed by atoms with Crippen LogP contribution in [0.4, 0.5) is 5.69 Å². The number of aryl methyl sites for hydroxylation is 1. The van der Waals surface area contributed by atoms with Gasteiger partial charge in [0.1, 0.15) is 12.1 Å². The predicted molar refractivity (Wildman–Crippen MR) is 136 cm³/mol. The Morgan fingerprint density at radius 2 is 1.81 bits per heavy atom. The first-order chi connectivity index (χ1) is 17.9. The second-order valence-corrected chi connectivity index (χ2v) is 8.31. The molecule has 208 valence electrons. The summed E-state index contributed by atoms with van der Waals surface area (Å²) in [5.74, 6) is -0.833. The number of benzene rings is 1. The number of carbonyl (C=O) groups excluding carboxylic acids is 4. The standard InChI is InChI=1S/C25H40N4O8/c1-3-5-23(25(34)27-17-30)29(18-31)14-21-19(2)6-4-7-22(21)28-24(33)8-10-35-12-13-37-16-20(32)15-36-11-9-26/h4,6-7,17-18,20,23,32H,3,5,8-16,26H2,1-2H3,(H,28,33)(H,27,30,34). The minimum absolute atomic E-state index is 0.0830. The fourth-order valence-electron chi connectivity index (χ4n) is 3.48. The van der Waals surface area contributed by atoms with Gasteiger partial charge in [0, 0.05) is 18.8 Å². The molecule has 0 aliphatic rings. The van der Waals surface area contributed by atoms with E-state index >= 15 is 0 Å². The second-order valence-electron chi connectivity index (χ2n) is 8.31. The molecule has 37 heavy (non-hydrogen) atoms. The van der Waals surface area contributed by atoms with Crippen molar-refractivity contribution in [2.75, 3.05) is 51.5 Å². The molecule has 12 heteroatoms. The maximum absolute atomic E-state index is 12.5. The molecule has 5 N–H and O–H groups in total. The minimum Gasteiger partial charge on any atom is -0.388 e. The maximum atomic E-state index is 12.5. The number of ether oxygens (including phenoxy) is 3. The molecule has 0 aliphatic heterocycles. The van der Waals surface area contributed by atoms with Gasteiger partial charge in [0.15, 0.2) is 0 Å². The van der Waals surface area contributed by atoms with Crippen molar-refractivity contribution < 1.29 is 38.5 Å². The van der Waals surface area contributed by atoms with E-state index < -0.39 is 18.1 Å². The minimum atomic E-state index is -0.814. The fraction of sp³-hybridized carbons (Fsp3) is 0.600. The zero-order valence-corrected chi connectivity index (χ0v) is 21.6. The first-order valence-electron chi connectivity index (χ1n) is 12.3. The average Bonchev–Trinajstić information content (AvgIpc) is 2.87. The summed E-state index contributed by atoms with van der Waals surface area (Å²) in [6.07, 6.45) is 1.24. The monoisotopic (exact) mass is 524 g/mol. The zero-order valence-electron chi connectivity index (χ0n) is 21.6. The number of aliphatic hydroxyl groups is 1. The van der Waals surface area contributed by atoms with E-state index in [2.05, 4.69) is 10.6 Å². The molecule has 0 aliphatic carbocycles. The third-order valence-electron chi connectivity index (χ3n) is 5.35. The number of nitrogens with zero attached hydrogens (tertiary/aromatic N) is 1. The van der Waals surface area contributed by atoms with Crippen LogP contribution in [0.2, 0.25) is 0 Å². The van der Waals surface area contributed by atoms with Crippen LogP contribution in [0.1, 0.15) is 37.3 Å². The van der Waals surface area contributed by atoms with Crippen LogP contribution in [-0.4, -0.2) is 93.0 Å². The Morgan fingerprint density at radius 1 is 1.11 bits per heavy atom. The number of amides is 4. The highest BCUT2D eigenvalue weighted by molar-refractivity contribution is 5.92. The number of hydrogen-bond acceptors (Lipinski definition) is 9. The molecule has 1 aromatic rings. The molecule has 1 rings (SSSR count). The lowest BCUT2D eigenvalue weighted by Gasteiger charge is -2.28. The number of hydrogen-bond donors (Lipinski definition) is 4. The van der Waals surface area contributed by atoms with E-state index in [1.807, 2.05) is 19.9 Å². The molecule has 0 spiro atoms. The third kappa shape index (κ3) is 12.8. The molecule has 0 radical (unpaired) electrons. The molecule has 0 saturated heterocycles. The maximum Gasteiger partial charge on any atom is 0.249 e. The number of aliphatic hydroxyl groups excluding tert-OH is 1. The number of imide groups is 1. The van der Waals surface area contributed by atoms with Gasteiger partial charge >= 0.3 is 0 Å². The molecule has 0 aromatic heterocycles. The van der Waals surface area contributed by atoms with Crippen molar-refractivity contribution in [1.29, 1.82) is 0 Å². The summed E-state index contributed by atoms with van der Waals surface area (Å²) < 4.78 is 15.8. The molecular formula is C25H40N4O8.